The van der Waals surface area contributed by atoms with Gasteiger partial charge in [-0.25, -0.2) is 13.2 Å². The van der Waals surface area contributed by atoms with Crippen LogP contribution in [0.15, 0.2) is 59.0 Å². The van der Waals surface area contributed by atoms with Crippen molar-refractivity contribution in [1.82, 2.24) is 4.31 Å². The van der Waals surface area contributed by atoms with Gasteiger partial charge in [0.25, 0.3) is 0 Å². The summed E-state index contributed by atoms with van der Waals surface area (Å²) in [4.78, 5) is 12.3. The molecule has 1 heterocycles. The normalized spacial score (nSPS) is 20.3. The summed E-state index contributed by atoms with van der Waals surface area (Å²) in [5, 5.41) is 10.4. The highest BCUT2D eigenvalue weighted by Gasteiger charge is 2.49. The standard InChI is InChI=1S/C22H23Cl2NO4S/c1-13-7-5-6-8-18(13)30(28,29)25-19(22(2,3)4)12-15(21(26)27)20(25)14-9-10-16(23)17(24)11-14/h5-12,19-20H,1-4H3,(H,26,27)/t19?,20-/m0/s1. The predicted octanol–water partition coefficient (Wildman–Crippen LogP) is 5.47. The van der Waals surface area contributed by atoms with Crippen molar-refractivity contribution < 1.29 is 18.3 Å². The Labute approximate surface area is 187 Å². The summed E-state index contributed by atoms with van der Waals surface area (Å²) in [6.07, 6.45) is 1.53. The quantitative estimate of drug-likeness (QED) is 0.646. The van der Waals surface area contributed by atoms with Crippen LogP contribution in [0.25, 0.3) is 0 Å². The zero-order valence-corrected chi connectivity index (χ0v) is 19.4. The monoisotopic (exact) mass is 467 g/mol. The average molecular weight is 468 g/mol. The maximum atomic E-state index is 13.9. The fraction of sp³-hybridized carbons (Fsp3) is 0.318. The fourth-order valence-electron chi connectivity index (χ4n) is 3.71. The van der Waals surface area contributed by atoms with Gasteiger partial charge in [-0.1, -0.05) is 74.3 Å². The van der Waals surface area contributed by atoms with E-state index in [4.69, 9.17) is 23.2 Å². The zero-order valence-electron chi connectivity index (χ0n) is 17.1. The number of aliphatic carboxylic acids is 1. The largest absolute Gasteiger partial charge is 0.478 e. The van der Waals surface area contributed by atoms with Gasteiger partial charge in [-0.2, -0.15) is 4.31 Å². The lowest BCUT2D eigenvalue weighted by atomic mass is 9.87. The number of carboxylic acid groups (broad SMARTS) is 1. The van der Waals surface area contributed by atoms with E-state index in [2.05, 4.69) is 0 Å². The second-order valence-electron chi connectivity index (χ2n) is 8.41. The lowest BCUT2D eigenvalue weighted by Crippen LogP contribution is -2.45. The van der Waals surface area contributed by atoms with E-state index in [1.54, 1.807) is 37.3 Å². The second kappa shape index (κ2) is 8.00. The highest BCUT2D eigenvalue weighted by Crippen LogP contribution is 2.47. The van der Waals surface area contributed by atoms with Crippen LogP contribution in [0.5, 0.6) is 0 Å². The number of hydrogen-bond donors (Lipinski definition) is 1. The first-order valence-electron chi connectivity index (χ1n) is 9.35. The summed E-state index contributed by atoms with van der Waals surface area (Å²) in [6.45, 7) is 7.36. The first-order chi connectivity index (χ1) is 13.9. The summed E-state index contributed by atoms with van der Waals surface area (Å²) in [6, 6.07) is 9.64. The molecule has 2 atom stereocenters. The first-order valence-corrected chi connectivity index (χ1v) is 11.5. The molecule has 8 heteroatoms. The van der Waals surface area contributed by atoms with Gasteiger partial charge in [0, 0.05) is 6.04 Å². The van der Waals surface area contributed by atoms with Gasteiger partial charge in [0.1, 0.15) is 0 Å². The molecule has 0 saturated carbocycles. The van der Waals surface area contributed by atoms with Crippen molar-refractivity contribution in [3.8, 4) is 0 Å². The van der Waals surface area contributed by atoms with Crippen molar-refractivity contribution >= 4 is 39.2 Å². The zero-order chi connectivity index (χ0) is 22.4. The number of carboxylic acids is 1. The molecule has 0 aromatic heterocycles. The number of halogens is 2. The maximum Gasteiger partial charge on any atom is 0.333 e. The minimum Gasteiger partial charge on any atom is -0.478 e. The van der Waals surface area contributed by atoms with Gasteiger partial charge in [0.2, 0.25) is 10.0 Å². The van der Waals surface area contributed by atoms with Gasteiger partial charge in [0.15, 0.2) is 0 Å². The minimum absolute atomic E-state index is 0.00882. The number of benzene rings is 2. The Bertz CT molecular complexity index is 1140. The van der Waals surface area contributed by atoms with Gasteiger partial charge >= 0.3 is 5.97 Å². The predicted molar refractivity (Wildman–Crippen MR) is 118 cm³/mol. The van der Waals surface area contributed by atoms with E-state index in [0.29, 0.717) is 16.1 Å². The summed E-state index contributed by atoms with van der Waals surface area (Å²) in [7, 11) is -4.05. The molecule has 30 heavy (non-hydrogen) atoms. The van der Waals surface area contributed by atoms with Crippen molar-refractivity contribution in [2.45, 2.75) is 44.7 Å². The van der Waals surface area contributed by atoms with E-state index >= 15 is 0 Å². The van der Waals surface area contributed by atoms with Crippen molar-refractivity contribution in [3.05, 3.63) is 75.3 Å². The molecule has 0 aliphatic carbocycles. The molecular weight excluding hydrogens is 445 g/mol. The SMILES string of the molecule is Cc1ccccc1S(=O)(=O)N1C(C(C)(C)C)C=C(C(=O)O)[C@@H]1c1ccc(Cl)c(Cl)c1. The van der Waals surface area contributed by atoms with Crippen molar-refractivity contribution in [2.24, 2.45) is 5.41 Å². The lowest BCUT2D eigenvalue weighted by Gasteiger charge is -2.37. The molecule has 5 nitrogen and oxygen atoms in total. The molecule has 1 unspecified atom stereocenters. The van der Waals surface area contributed by atoms with Crippen LogP contribution >= 0.6 is 23.2 Å². The van der Waals surface area contributed by atoms with Crippen LogP contribution in [-0.4, -0.2) is 29.8 Å². The van der Waals surface area contributed by atoms with E-state index in [0.717, 1.165) is 0 Å². The Morgan fingerprint density at radius 3 is 2.23 bits per heavy atom. The summed E-state index contributed by atoms with van der Waals surface area (Å²) < 4.78 is 29.0. The van der Waals surface area contributed by atoms with Crippen LogP contribution in [0.4, 0.5) is 0 Å². The molecule has 2 aromatic rings. The van der Waals surface area contributed by atoms with Crippen LogP contribution in [0.1, 0.15) is 37.9 Å². The van der Waals surface area contributed by atoms with Gasteiger partial charge in [-0.15, -0.1) is 0 Å². The third-order valence-corrected chi connectivity index (χ3v) is 7.95. The lowest BCUT2D eigenvalue weighted by molar-refractivity contribution is -0.133. The molecule has 1 N–H and O–H groups in total. The molecule has 1 aliphatic rings. The number of rotatable bonds is 4. The van der Waals surface area contributed by atoms with E-state index in [-0.39, 0.29) is 15.5 Å². The van der Waals surface area contributed by atoms with Gasteiger partial charge in [0.05, 0.1) is 26.6 Å². The first kappa shape index (κ1) is 22.8. The molecule has 160 valence electrons. The molecule has 0 bridgehead atoms. The van der Waals surface area contributed by atoms with Gasteiger partial charge in [-0.3, -0.25) is 0 Å². The number of aryl methyl sites for hydroxylation is 1. The summed E-state index contributed by atoms with van der Waals surface area (Å²) >= 11 is 12.2. The third kappa shape index (κ3) is 4.02. The highest BCUT2D eigenvalue weighted by molar-refractivity contribution is 7.89. The third-order valence-electron chi connectivity index (χ3n) is 5.20. The van der Waals surface area contributed by atoms with Crippen molar-refractivity contribution in [3.63, 3.8) is 0 Å². The Kier molecular flexibility index (Phi) is 6.09. The van der Waals surface area contributed by atoms with Crippen LogP contribution in [0.3, 0.4) is 0 Å². The molecule has 0 fully saturated rings. The van der Waals surface area contributed by atoms with Gasteiger partial charge < -0.3 is 5.11 Å². The summed E-state index contributed by atoms with van der Waals surface area (Å²) in [5.41, 5.74) is 0.468. The maximum absolute atomic E-state index is 13.9. The van der Waals surface area contributed by atoms with Crippen LogP contribution in [-0.2, 0) is 14.8 Å². The van der Waals surface area contributed by atoms with Crippen LogP contribution in [0, 0.1) is 12.3 Å². The Balaban J connectivity index is 2.30. The van der Waals surface area contributed by atoms with Crippen molar-refractivity contribution in [2.75, 3.05) is 0 Å². The molecule has 0 radical (unpaired) electrons. The Morgan fingerprint density at radius 1 is 1.07 bits per heavy atom. The average Bonchev–Trinajstić information content (AvgIpc) is 3.06. The molecule has 0 saturated heterocycles. The number of hydrogen-bond acceptors (Lipinski definition) is 3. The molecule has 1 aliphatic heterocycles. The Morgan fingerprint density at radius 2 is 1.70 bits per heavy atom. The van der Waals surface area contributed by atoms with E-state index in [9.17, 15) is 18.3 Å². The number of nitrogens with zero attached hydrogens (tertiary/aromatic N) is 1. The fourth-order valence-corrected chi connectivity index (χ4v) is 6.16. The molecule has 3 rings (SSSR count). The molecule has 0 spiro atoms. The summed E-state index contributed by atoms with van der Waals surface area (Å²) in [5.74, 6) is -1.18. The second-order valence-corrected chi connectivity index (χ2v) is 11.0. The molecular formula is C22H23Cl2NO4S. The topological polar surface area (TPSA) is 74.7 Å². The van der Waals surface area contributed by atoms with Gasteiger partial charge in [-0.05, 0) is 41.7 Å². The Hall–Kier alpha value is -1.86. The van der Waals surface area contributed by atoms with Crippen LogP contribution in [0.2, 0.25) is 10.0 Å². The van der Waals surface area contributed by atoms with Crippen LogP contribution < -0.4 is 0 Å². The number of carbonyl (C=O) groups is 1. The van der Waals surface area contributed by atoms with E-state index < -0.39 is 33.5 Å². The highest BCUT2D eigenvalue weighted by atomic mass is 35.5. The molecule has 0 amide bonds. The molecule has 2 aromatic carbocycles. The smallest absolute Gasteiger partial charge is 0.333 e. The minimum atomic E-state index is -4.05. The van der Waals surface area contributed by atoms with E-state index in [1.165, 1.54) is 22.5 Å². The van der Waals surface area contributed by atoms with E-state index in [1.807, 2.05) is 20.8 Å². The van der Waals surface area contributed by atoms with Crippen molar-refractivity contribution in [1.29, 1.82) is 0 Å². The number of sulfonamides is 1.